The summed E-state index contributed by atoms with van der Waals surface area (Å²) in [5.41, 5.74) is 1.72. The number of ether oxygens (including phenoxy) is 2. The molecule has 0 unspecified atom stereocenters. The lowest BCUT2D eigenvalue weighted by Gasteiger charge is -2.11. The summed E-state index contributed by atoms with van der Waals surface area (Å²) in [5, 5.41) is 0. The summed E-state index contributed by atoms with van der Waals surface area (Å²) in [6.45, 7) is 0. The summed E-state index contributed by atoms with van der Waals surface area (Å²) >= 11 is 5.99. The lowest BCUT2D eigenvalue weighted by molar-refractivity contribution is 0.0732. The van der Waals surface area contributed by atoms with Gasteiger partial charge in [-0.1, -0.05) is 42.5 Å². The predicted octanol–water partition coefficient (Wildman–Crippen LogP) is 6.71. The van der Waals surface area contributed by atoms with Gasteiger partial charge < -0.3 is 9.47 Å². The highest BCUT2D eigenvalue weighted by Crippen LogP contribution is 2.30. The molecule has 0 amide bonds. The lowest BCUT2D eigenvalue weighted by Crippen LogP contribution is -2.10. The Bertz CT molecular complexity index is 1190. The Labute approximate surface area is 202 Å². The van der Waals surface area contributed by atoms with Crippen LogP contribution in [0.25, 0.3) is 0 Å². The van der Waals surface area contributed by atoms with Gasteiger partial charge in [-0.05, 0) is 60.2 Å². The van der Waals surface area contributed by atoms with Crippen molar-refractivity contribution < 1.29 is 19.1 Å². The van der Waals surface area contributed by atoms with Crippen molar-refractivity contribution in [2.24, 2.45) is 0 Å². The highest BCUT2D eigenvalue weighted by atomic mass is 32.2. The Morgan fingerprint density at radius 2 is 1.21 bits per heavy atom. The summed E-state index contributed by atoms with van der Waals surface area (Å²) in [6, 6.07) is 30.4. The van der Waals surface area contributed by atoms with E-state index in [1.165, 1.54) is 0 Å². The highest BCUT2D eigenvalue weighted by Gasteiger charge is 2.14. The number of carbonyl (C=O) groups is 2. The molecule has 0 heterocycles. The third-order valence-electron chi connectivity index (χ3n) is 4.60. The molecule has 0 aromatic heterocycles. The number of rotatable bonds is 7. The van der Waals surface area contributed by atoms with Crippen LogP contribution >= 0.6 is 24.4 Å². The van der Waals surface area contributed by atoms with Gasteiger partial charge in [-0.3, -0.25) is 0 Å². The van der Waals surface area contributed by atoms with Gasteiger partial charge in [0.25, 0.3) is 0 Å². The monoisotopic (exact) mass is 472 g/mol. The van der Waals surface area contributed by atoms with E-state index in [1.807, 2.05) is 36.4 Å². The molecule has 33 heavy (non-hydrogen) atoms. The van der Waals surface area contributed by atoms with Gasteiger partial charge in [0, 0.05) is 21.6 Å². The van der Waals surface area contributed by atoms with Crippen LogP contribution in [0.5, 0.6) is 11.5 Å². The van der Waals surface area contributed by atoms with E-state index < -0.39 is 11.9 Å². The second-order valence-electron chi connectivity index (χ2n) is 7.11. The van der Waals surface area contributed by atoms with E-state index in [1.54, 1.807) is 78.5 Å². The Balaban J connectivity index is 1.57. The molecule has 0 saturated carbocycles. The molecule has 0 saturated heterocycles. The van der Waals surface area contributed by atoms with E-state index in [4.69, 9.17) is 9.47 Å². The molecule has 0 atom stereocenters. The highest BCUT2D eigenvalue weighted by molar-refractivity contribution is 7.98. The third kappa shape index (κ3) is 6.51. The Morgan fingerprint density at radius 1 is 0.667 bits per heavy atom. The van der Waals surface area contributed by atoms with Crippen molar-refractivity contribution in [2.45, 2.75) is 15.5 Å². The molecular formula is C27H20O4S2. The number of carbonyl (C=O) groups excluding carboxylic acids is 2. The fraction of sp³-hybridized carbons (Fsp3) is 0.0370. The first-order chi connectivity index (χ1) is 16.1. The van der Waals surface area contributed by atoms with Gasteiger partial charge in [-0.2, -0.15) is 0 Å². The van der Waals surface area contributed by atoms with Gasteiger partial charge >= 0.3 is 11.9 Å². The molecule has 0 fully saturated rings. The van der Waals surface area contributed by atoms with E-state index in [-0.39, 0.29) is 0 Å². The van der Waals surface area contributed by atoms with Crippen LogP contribution < -0.4 is 9.47 Å². The van der Waals surface area contributed by atoms with Gasteiger partial charge in [0.15, 0.2) is 0 Å². The van der Waals surface area contributed by atoms with Crippen LogP contribution in [-0.4, -0.2) is 11.9 Å². The van der Waals surface area contributed by atoms with Crippen molar-refractivity contribution in [3.05, 3.63) is 120 Å². The molecule has 0 aliphatic rings. The molecule has 4 nitrogen and oxygen atoms in total. The quantitative estimate of drug-likeness (QED) is 0.140. The number of benzene rings is 4. The van der Waals surface area contributed by atoms with Crippen LogP contribution in [0.15, 0.2) is 113 Å². The summed E-state index contributed by atoms with van der Waals surface area (Å²) in [6.07, 6.45) is 0. The molecule has 6 heteroatoms. The van der Waals surface area contributed by atoms with Crippen molar-refractivity contribution in [3.63, 3.8) is 0 Å². The Morgan fingerprint density at radius 3 is 1.73 bits per heavy atom. The molecule has 0 N–H and O–H groups in total. The molecular weight excluding hydrogens is 452 g/mol. The SMILES string of the molecule is O=C(Oc1cc(CSc2cccc(S)c2)cc(OC(=O)c2ccccc2)c1)c1ccccc1. The van der Waals surface area contributed by atoms with Gasteiger partial charge in [-0.25, -0.2) is 9.59 Å². The number of hydrogen-bond acceptors (Lipinski definition) is 6. The minimum absolute atomic E-state index is 0.306. The van der Waals surface area contributed by atoms with Crippen molar-refractivity contribution in [1.82, 2.24) is 0 Å². The van der Waals surface area contributed by atoms with Crippen molar-refractivity contribution >= 4 is 36.3 Å². The molecule has 0 spiro atoms. The molecule has 4 rings (SSSR count). The van der Waals surface area contributed by atoms with Gasteiger partial charge in [0.1, 0.15) is 11.5 Å². The normalized spacial score (nSPS) is 10.5. The first kappa shape index (κ1) is 22.7. The fourth-order valence-corrected chi connectivity index (χ4v) is 4.25. The average molecular weight is 473 g/mol. The number of thiol groups is 1. The minimum atomic E-state index is -0.483. The van der Waals surface area contributed by atoms with Crippen LogP contribution in [0.3, 0.4) is 0 Å². The fourth-order valence-electron chi connectivity index (χ4n) is 3.05. The van der Waals surface area contributed by atoms with Crippen LogP contribution in [-0.2, 0) is 5.75 Å². The standard InChI is InChI=1S/C27H20O4S2/c28-26(20-8-3-1-4-9-20)30-22-14-19(18-33-25-13-7-12-24(32)17-25)15-23(16-22)31-27(29)21-10-5-2-6-11-21/h1-17,32H,18H2. The Hall–Kier alpha value is -3.48. The second kappa shape index (κ2) is 10.9. The zero-order chi connectivity index (χ0) is 23.0. The molecule has 0 bridgehead atoms. The van der Waals surface area contributed by atoms with Gasteiger partial charge in [0.05, 0.1) is 11.1 Å². The second-order valence-corrected chi connectivity index (χ2v) is 8.67. The Kier molecular flexibility index (Phi) is 7.50. The number of esters is 2. The summed E-state index contributed by atoms with van der Waals surface area (Å²) in [7, 11) is 0. The van der Waals surface area contributed by atoms with Crippen LogP contribution in [0.1, 0.15) is 26.3 Å². The average Bonchev–Trinajstić information content (AvgIpc) is 2.84. The maximum Gasteiger partial charge on any atom is 0.343 e. The summed E-state index contributed by atoms with van der Waals surface area (Å²) in [4.78, 5) is 27.0. The zero-order valence-electron chi connectivity index (χ0n) is 17.5. The van der Waals surface area contributed by atoms with Crippen molar-refractivity contribution in [2.75, 3.05) is 0 Å². The zero-order valence-corrected chi connectivity index (χ0v) is 19.2. The topological polar surface area (TPSA) is 52.6 Å². The predicted molar refractivity (Wildman–Crippen MR) is 132 cm³/mol. The van der Waals surface area contributed by atoms with E-state index in [9.17, 15) is 9.59 Å². The van der Waals surface area contributed by atoms with Crippen molar-refractivity contribution in [1.29, 1.82) is 0 Å². The van der Waals surface area contributed by atoms with Crippen LogP contribution in [0, 0.1) is 0 Å². The number of hydrogen-bond donors (Lipinski definition) is 1. The largest absolute Gasteiger partial charge is 0.423 e. The molecule has 4 aromatic rings. The molecule has 164 valence electrons. The molecule has 0 aliphatic carbocycles. The van der Waals surface area contributed by atoms with E-state index in [2.05, 4.69) is 12.6 Å². The van der Waals surface area contributed by atoms with Crippen LogP contribution in [0.2, 0.25) is 0 Å². The lowest BCUT2D eigenvalue weighted by atomic mass is 10.2. The first-order valence-electron chi connectivity index (χ1n) is 10.2. The van der Waals surface area contributed by atoms with Gasteiger partial charge in [0.2, 0.25) is 0 Å². The van der Waals surface area contributed by atoms with Crippen molar-refractivity contribution in [3.8, 4) is 11.5 Å². The van der Waals surface area contributed by atoms with E-state index >= 15 is 0 Å². The number of thioether (sulfide) groups is 1. The maximum atomic E-state index is 12.6. The molecule has 4 aromatic carbocycles. The molecule has 0 radical (unpaired) electrons. The smallest absolute Gasteiger partial charge is 0.343 e. The minimum Gasteiger partial charge on any atom is -0.423 e. The first-order valence-corrected chi connectivity index (χ1v) is 11.6. The van der Waals surface area contributed by atoms with Gasteiger partial charge in [-0.15, -0.1) is 24.4 Å². The summed E-state index contributed by atoms with van der Waals surface area (Å²) in [5.74, 6) is 0.234. The van der Waals surface area contributed by atoms with Crippen LogP contribution in [0.4, 0.5) is 0 Å². The van der Waals surface area contributed by atoms with E-state index in [0.717, 1.165) is 15.4 Å². The van der Waals surface area contributed by atoms with E-state index in [0.29, 0.717) is 28.4 Å². The molecule has 0 aliphatic heterocycles. The maximum absolute atomic E-state index is 12.6. The third-order valence-corrected chi connectivity index (χ3v) is 5.95. The summed E-state index contributed by atoms with van der Waals surface area (Å²) < 4.78 is 11.2.